The summed E-state index contributed by atoms with van der Waals surface area (Å²) in [4.78, 5) is 32.2. The first kappa shape index (κ1) is 18.3. The maximum absolute atomic E-state index is 15.4. The number of aliphatic imine (C=N–C) groups is 1. The number of esters is 1. The molecule has 0 unspecified atom stereocenters. The zero-order valence-electron chi connectivity index (χ0n) is 16.7. The summed E-state index contributed by atoms with van der Waals surface area (Å²) in [5, 5.41) is 0.218. The quantitative estimate of drug-likeness (QED) is 0.746. The summed E-state index contributed by atoms with van der Waals surface area (Å²) < 4.78 is 22.4. The monoisotopic (exact) mass is 397 g/mol. The molecule has 5 rings (SSSR count). The highest BCUT2D eigenvalue weighted by atomic mass is 19.1. The Balaban J connectivity index is 1.82. The van der Waals surface area contributed by atoms with Gasteiger partial charge in [0.05, 0.1) is 29.7 Å². The van der Waals surface area contributed by atoms with E-state index < -0.39 is 17.2 Å². The lowest BCUT2D eigenvalue weighted by atomic mass is 10.0. The van der Waals surface area contributed by atoms with E-state index in [0.29, 0.717) is 29.2 Å². The summed E-state index contributed by atoms with van der Waals surface area (Å²) in [6, 6.07) is 1.68. The molecule has 1 saturated heterocycles. The number of aromatic nitrogens is 1. The number of fused-ring (bicyclic) bond motifs is 5. The van der Waals surface area contributed by atoms with E-state index in [-0.39, 0.29) is 29.6 Å². The van der Waals surface area contributed by atoms with Crippen molar-refractivity contribution in [2.75, 3.05) is 24.6 Å². The van der Waals surface area contributed by atoms with Crippen LogP contribution in [0.2, 0.25) is 0 Å². The SMILES string of the molecule is CCOC(=O)c1cn(C2CC2)c2c3c(c(F)cc2c1=O)N1C[C@@H](C)C[C@H]1CN=C3. The number of hydrogen-bond acceptors (Lipinski definition) is 5. The second-order valence-corrected chi connectivity index (χ2v) is 8.39. The molecule has 3 heterocycles. The molecular formula is C22H24FN3O3. The molecule has 2 atom stereocenters. The van der Waals surface area contributed by atoms with E-state index in [1.165, 1.54) is 6.07 Å². The average molecular weight is 397 g/mol. The number of benzene rings is 1. The van der Waals surface area contributed by atoms with Crippen LogP contribution >= 0.6 is 0 Å². The molecular weight excluding hydrogens is 373 g/mol. The summed E-state index contributed by atoms with van der Waals surface area (Å²) in [5.74, 6) is -0.625. The van der Waals surface area contributed by atoms with Gasteiger partial charge in [0.15, 0.2) is 0 Å². The molecule has 2 fully saturated rings. The maximum Gasteiger partial charge on any atom is 0.343 e. The molecule has 29 heavy (non-hydrogen) atoms. The lowest BCUT2D eigenvalue weighted by molar-refractivity contribution is 0.0524. The van der Waals surface area contributed by atoms with E-state index in [0.717, 1.165) is 25.8 Å². The van der Waals surface area contributed by atoms with E-state index in [1.807, 2.05) is 4.57 Å². The highest BCUT2D eigenvalue weighted by molar-refractivity contribution is 6.06. The fourth-order valence-electron chi connectivity index (χ4n) is 4.78. The van der Waals surface area contributed by atoms with Crippen LogP contribution in [-0.4, -0.2) is 42.5 Å². The van der Waals surface area contributed by atoms with E-state index >= 15 is 4.39 Å². The third kappa shape index (κ3) is 2.86. The smallest absolute Gasteiger partial charge is 0.343 e. The maximum atomic E-state index is 15.4. The molecule has 2 aliphatic heterocycles. The average Bonchev–Trinajstić information content (AvgIpc) is 3.47. The van der Waals surface area contributed by atoms with Gasteiger partial charge in [0.25, 0.3) is 0 Å². The zero-order valence-corrected chi connectivity index (χ0v) is 16.7. The Hall–Kier alpha value is -2.70. The molecule has 1 aromatic carbocycles. The second-order valence-electron chi connectivity index (χ2n) is 8.39. The minimum atomic E-state index is -0.661. The fourth-order valence-corrected chi connectivity index (χ4v) is 4.78. The van der Waals surface area contributed by atoms with Crippen molar-refractivity contribution in [2.24, 2.45) is 10.9 Å². The number of nitrogens with zero attached hydrogens (tertiary/aromatic N) is 3. The van der Waals surface area contributed by atoms with Gasteiger partial charge in [0.2, 0.25) is 5.43 Å². The summed E-state index contributed by atoms with van der Waals surface area (Å²) >= 11 is 0. The third-order valence-corrected chi connectivity index (χ3v) is 6.16. The third-order valence-electron chi connectivity index (χ3n) is 6.16. The minimum absolute atomic E-state index is 0.0381. The van der Waals surface area contributed by atoms with Gasteiger partial charge in [-0.25, -0.2) is 9.18 Å². The van der Waals surface area contributed by atoms with Crippen LogP contribution in [0.15, 0.2) is 22.1 Å². The number of rotatable bonds is 3. The van der Waals surface area contributed by atoms with Gasteiger partial charge >= 0.3 is 5.97 Å². The Morgan fingerprint density at radius 3 is 2.86 bits per heavy atom. The van der Waals surface area contributed by atoms with Gasteiger partial charge in [-0.15, -0.1) is 0 Å². The molecule has 6 nitrogen and oxygen atoms in total. The summed E-state index contributed by atoms with van der Waals surface area (Å²) in [6.45, 7) is 5.44. The molecule has 1 aromatic heterocycles. The van der Waals surface area contributed by atoms with Gasteiger partial charge < -0.3 is 14.2 Å². The number of anilines is 1. The van der Waals surface area contributed by atoms with Crippen molar-refractivity contribution in [3.05, 3.63) is 39.4 Å². The van der Waals surface area contributed by atoms with Crippen LogP contribution in [-0.2, 0) is 4.74 Å². The molecule has 1 aliphatic carbocycles. The molecule has 1 saturated carbocycles. The number of pyridine rings is 1. The molecule has 7 heteroatoms. The van der Waals surface area contributed by atoms with Gasteiger partial charge in [-0.05, 0) is 38.2 Å². The van der Waals surface area contributed by atoms with Crippen molar-refractivity contribution < 1.29 is 13.9 Å². The van der Waals surface area contributed by atoms with Crippen LogP contribution < -0.4 is 10.3 Å². The van der Waals surface area contributed by atoms with Gasteiger partial charge in [-0.2, -0.15) is 0 Å². The lowest BCUT2D eigenvalue weighted by Gasteiger charge is -2.27. The fraction of sp³-hybridized carbons (Fsp3) is 0.500. The number of carbonyl (C=O) groups is 1. The highest BCUT2D eigenvalue weighted by Crippen LogP contribution is 2.42. The first-order valence-corrected chi connectivity index (χ1v) is 10.3. The Kier molecular flexibility index (Phi) is 4.22. The molecule has 0 amide bonds. The Labute approximate surface area is 168 Å². The number of carbonyl (C=O) groups excluding carboxylic acids is 1. The van der Waals surface area contributed by atoms with Crippen LogP contribution in [0.1, 0.15) is 55.1 Å². The summed E-state index contributed by atoms with van der Waals surface area (Å²) in [6.07, 6.45) is 6.22. The molecule has 152 valence electrons. The Morgan fingerprint density at radius 2 is 2.14 bits per heavy atom. The van der Waals surface area contributed by atoms with E-state index in [4.69, 9.17) is 4.74 Å². The highest BCUT2D eigenvalue weighted by Gasteiger charge is 2.36. The van der Waals surface area contributed by atoms with Crippen molar-refractivity contribution in [3.63, 3.8) is 0 Å². The zero-order chi connectivity index (χ0) is 20.3. The lowest BCUT2D eigenvalue weighted by Crippen LogP contribution is -2.32. The summed E-state index contributed by atoms with van der Waals surface area (Å²) in [5.41, 5.74) is 1.33. The van der Waals surface area contributed by atoms with Crippen molar-refractivity contribution in [1.82, 2.24) is 4.57 Å². The Morgan fingerprint density at radius 1 is 1.34 bits per heavy atom. The normalized spacial score (nSPS) is 23.1. The summed E-state index contributed by atoms with van der Waals surface area (Å²) in [7, 11) is 0. The molecule has 3 aliphatic rings. The number of hydrogen-bond donors (Lipinski definition) is 0. The first-order valence-electron chi connectivity index (χ1n) is 10.3. The van der Waals surface area contributed by atoms with Crippen molar-refractivity contribution in [3.8, 4) is 0 Å². The van der Waals surface area contributed by atoms with Crippen LogP contribution in [0, 0.1) is 11.7 Å². The Bertz CT molecular complexity index is 1100. The van der Waals surface area contributed by atoms with Gasteiger partial charge in [-0.3, -0.25) is 9.79 Å². The molecule has 0 bridgehead atoms. The van der Waals surface area contributed by atoms with Gasteiger partial charge in [0.1, 0.15) is 11.4 Å². The van der Waals surface area contributed by atoms with Gasteiger partial charge in [-0.1, -0.05) is 6.92 Å². The molecule has 2 aromatic rings. The predicted molar refractivity (Wildman–Crippen MR) is 110 cm³/mol. The minimum Gasteiger partial charge on any atom is -0.462 e. The van der Waals surface area contributed by atoms with E-state index in [9.17, 15) is 9.59 Å². The van der Waals surface area contributed by atoms with E-state index in [2.05, 4.69) is 16.8 Å². The van der Waals surface area contributed by atoms with Crippen molar-refractivity contribution in [1.29, 1.82) is 0 Å². The number of ether oxygens (including phenoxy) is 1. The van der Waals surface area contributed by atoms with Gasteiger partial charge in [0, 0.05) is 36.6 Å². The molecule has 0 N–H and O–H groups in total. The van der Waals surface area contributed by atoms with Crippen molar-refractivity contribution in [2.45, 2.75) is 45.2 Å². The number of halogens is 1. The van der Waals surface area contributed by atoms with Crippen LogP contribution in [0.25, 0.3) is 10.9 Å². The van der Waals surface area contributed by atoms with E-state index in [1.54, 1.807) is 19.3 Å². The van der Waals surface area contributed by atoms with Crippen molar-refractivity contribution >= 4 is 28.8 Å². The van der Waals surface area contributed by atoms with Crippen LogP contribution in [0.3, 0.4) is 0 Å². The van der Waals surface area contributed by atoms with Crippen LogP contribution in [0.5, 0.6) is 0 Å². The predicted octanol–water partition coefficient (Wildman–Crippen LogP) is 3.30. The molecule has 0 radical (unpaired) electrons. The topological polar surface area (TPSA) is 63.9 Å². The van der Waals surface area contributed by atoms with Crippen LogP contribution in [0.4, 0.5) is 10.1 Å². The largest absolute Gasteiger partial charge is 0.462 e. The second kappa shape index (κ2) is 6.68. The first-order chi connectivity index (χ1) is 14.0. The molecule has 0 spiro atoms. The standard InChI is InChI=1S/C22H24FN3O3/c1-3-29-22(28)17-11-26(13-4-5-13)19-15(21(17)27)7-18(23)20-16(19)9-24-8-14-6-12(2)10-25(14)20/h7,9,11-14H,3-6,8,10H2,1-2H3/t12-,14-/m0/s1.